The zero-order chi connectivity index (χ0) is 26.6. The number of esters is 1. The number of carbonyl (C=O) groups is 1. The molecule has 8 nitrogen and oxygen atoms in total. The van der Waals surface area contributed by atoms with Gasteiger partial charge in [-0.1, -0.05) is 56.3 Å². The standard InChI is InChI=1S/C27H40N2O6S/c1-20(2)12-14-36(32,33)15-13-25(30)27(31)35-26(24(28)17-21-8-5-4-6-9-21)19-29-18-22-10-7-11-23(16-22)34-3/h4-11,16,20,24-26,29-30H,12-15,17-19,28H2,1-3H3/t24?,25-,26?/m0/s1. The van der Waals surface area contributed by atoms with E-state index in [0.29, 0.717) is 19.4 Å². The number of methoxy groups -OCH3 is 1. The maximum Gasteiger partial charge on any atom is 0.335 e. The van der Waals surface area contributed by atoms with Crippen molar-refractivity contribution in [3.05, 3.63) is 65.7 Å². The van der Waals surface area contributed by atoms with Crippen molar-refractivity contribution in [1.29, 1.82) is 0 Å². The molecular formula is C27H40N2O6S. The van der Waals surface area contributed by atoms with Gasteiger partial charge in [-0.25, -0.2) is 13.2 Å². The fourth-order valence-corrected chi connectivity index (χ4v) is 5.21. The molecule has 0 saturated carbocycles. The largest absolute Gasteiger partial charge is 0.497 e. The molecule has 0 bridgehead atoms. The van der Waals surface area contributed by atoms with Gasteiger partial charge in [0.25, 0.3) is 0 Å². The third kappa shape index (κ3) is 11.1. The molecule has 4 N–H and O–H groups in total. The van der Waals surface area contributed by atoms with Gasteiger partial charge in [0, 0.05) is 19.1 Å². The van der Waals surface area contributed by atoms with Crippen LogP contribution in [-0.2, 0) is 32.3 Å². The van der Waals surface area contributed by atoms with E-state index < -0.39 is 34.1 Å². The number of benzene rings is 2. The maximum atomic E-state index is 12.6. The Kier molecular flexibility index (Phi) is 12.4. The molecule has 2 rings (SSSR count). The number of rotatable bonds is 16. The average molecular weight is 521 g/mol. The van der Waals surface area contributed by atoms with Crippen LogP contribution >= 0.6 is 0 Å². The highest BCUT2D eigenvalue weighted by atomic mass is 32.2. The highest BCUT2D eigenvalue weighted by Gasteiger charge is 2.27. The van der Waals surface area contributed by atoms with E-state index in [1.807, 2.05) is 68.4 Å². The number of ether oxygens (including phenoxy) is 2. The van der Waals surface area contributed by atoms with Gasteiger partial charge in [-0.05, 0) is 48.4 Å². The predicted molar refractivity (Wildman–Crippen MR) is 141 cm³/mol. The molecule has 0 amide bonds. The van der Waals surface area contributed by atoms with E-state index in [4.69, 9.17) is 15.2 Å². The lowest BCUT2D eigenvalue weighted by molar-refractivity contribution is -0.160. The van der Waals surface area contributed by atoms with Crippen molar-refractivity contribution >= 4 is 15.8 Å². The number of aliphatic hydroxyl groups excluding tert-OH is 1. The van der Waals surface area contributed by atoms with Crippen LogP contribution in [0.5, 0.6) is 5.75 Å². The minimum absolute atomic E-state index is 0.0329. The fourth-order valence-electron chi connectivity index (χ4n) is 3.59. The number of hydrogen-bond acceptors (Lipinski definition) is 8. The molecule has 0 saturated heterocycles. The van der Waals surface area contributed by atoms with Gasteiger partial charge in [0.2, 0.25) is 0 Å². The maximum absolute atomic E-state index is 12.6. The molecule has 0 heterocycles. The van der Waals surface area contributed by atoms with Gasteiger partial charge >= 0.3 is 5.97 Å². The van der Waals surface area contributed by atoms with Crippen molar-refractivity contribution in [3.63, 3.8) is 0 Å². The van der Waals surface area contributed by atoms with E-state index in [1.54, 1.807) is 7.11 Å². The molecule has 200 valence electrons. The zero-order valence-electron chi connectivity index (χ0n) is 21.4. The summed E-state index contributed by atoms with van der Waals surface area (Å²) < 4.78 is 35.3. The molecule has 3 atom stereocenters. The lowest BCUT2D eigenvalue weighted by Gasteiger charge is -2.26. The molecule has 0 spiro atoms. The first-order valence-electron chi connectivity index (χ1n) is 12.3. The molecule has 2 unspecified atom stereocenters. The minimum Gasteiger partial charge on any atom is -0.497 e. The lowest BCUT2D eigenvalue weighted by atomic mass is 10.0. The number of aliphatic hydroxyl groups is 1. The zero-order valence-corrected chi connectivity index (χ0v) is 22.2. The summed E-state index contributed by atoms with van der Waals surface area (Å²) >= 11 is 0. The van der Waals surface area contributed by atoms with Crippen molar-refractivity contribution in [2.45, 2.75) is 57.9 Å². The summed E-state index contributed by atoms with van der Waals surface area (Å²) in [6.45, 7) is 4.65. The monoisotopic (exact) mass is 520 g/mol. The Balaban J connectivity index is 1.99. The van der Waals surface area contributed by atoms with Gasteiger partial charge in [-0.3, -0.25) is 0 Å². The van der Waals surface area contributed by atoms with E-state index >= 15 is 0 Å². The second-order valence-corrected chi connectivity index (χ2v) is 11.8. The van der Waals surface area contributed by atoms with Gasteiger partial charge < -0.3 is 25.6 Å². The third-order valence-corrected chi connectivity index (χ3v) is 7.56. The summed E-state index contributed by atoms with van der Waals surface area (Å²) in [5.74, 6) is -0.114. The van der Waals surface area contributed by atoms with Crippen molar-refractivity contribution < 1.29 is 27.8 Å². The number of carbonyl (C=O) groups excluding carboxylic acids is 1. The average Bonchev–Trinajstić information content (AvgIpc) is 2.86. The molecule has 0 aromatic heterocycles. The van der Waals surface area contributed by atoms with Crippen LogP contribution in [0.1, 0.15) is 37.8 Å². The Morgan fingerprint density at radius 2 is 1.69 bits per heavy atom. The second kappa shape index (κ2) is 14.9. The van der Waals surface area contributed by atoms with Crippen LogP contribution in [0.15, 0.2) is 54.6 Å². The van der Waals surface area contributed by atoms with Crippen molar-refractivity contribution in [2.75, 3.05) is 25.2 Å². The normalized spacial score (nSPS) is 14.3. The molecular weight excluding hydrogens is 480 g/mol. The Morgan fingerprint density at radius 1 is 1.03 bits per heavy atom. The van der Waals surface area contributed by atoms with Crippen molar-refractivity contribution in [1.82, 2.24) is 5.32 Å². The van der Waals surface area contributed by atoms with E-state index in [-0.39, 0.29) is 30.4 Å². The van der Waals surface area contributed by atoms with Gasteiger partial charge in [-0.15, -0.1) is 0 Å². The molecule has 0 fully saturated rings. The molecule has 0 aliphatic rings. The Labute approximate surface area is 215 Å². The van der Waals surface area contributed by atoms with Gasteiger partial charge in [0.05, 0.1) is 18.6 Å². The Hall–Kier alpha value is -2.46. The SMILES string of the molecule is COc1cccc(CNCC(OC(=O)[C@@H](O)CCS(=O)(=O)CCC(C)C)C(N)Cc2ccccc2)c1. The van der Waals surface area contributed by atoms with Crippen LogP contribution in [-0.4, -0.2) is 62.9 Å². The van der Waals surface area contributed by atoms with Crippen molar-refractivity contribution in [2.24, 2.45) is 11.7 Å². The molecule has 0 aliphatic carbocycles. The summed E-state index contributed by atoms with van der Waals surface area (Å²) in [4.78, 5) is 12.6. The highest BCUT2D eigenvalue weighted by molar-refractivity contribution is 7.91. The molecule has 2 aromatic carbocycles. The summed E-state index contributed by atoms with van der Waals surface area (Å²) in [5.41, 5.74) is 8.40. The summed E-state index contributed by atoms with van der Waals surface area (Å²) in [7, 11) is -1.75. The molecule has 36 heavy (non-hydrogen) atoms. The summed E-state index contributed by atoms with van der Waals surface area (Å²) in [5, 5.41) is 13.6. The Morgan fingerprint density at radius 3 is 2.36 bits per heavy atom. The quantitative estimate of drug-likeness (QED) is 0.288. The van der Waals surface area contributed by atoms with Crippen LogP contribution in [0, 0.1) is 5.92 Å². The first-order valence-corrected chi connectivity index (χ1v) is 14.1. The van der Waals surface area contributed by atoms with Gasteiger partial charge in [-0.2, -0.15) is 0 Å². The third-order valence-electron chi connectivity index (χ3n) is 5.85. The Bertz CT molecular complexity index is 1030. The van der Waals surface area contributed by atoms with Crippen LogP contribution < -0.4 is 15.8 Å². The van der Waals surface area contributed by atoms with Gasteiger partial charge in [0.15, 0.2) is 6.10 Å². The molecule has 9 heteroatoms. The molecule has 0 radical (unpaired) electrons. The first-order chi connectivity index (χ1) is 17.1. The van der Waals surface area contributed by atoms with Crippen LogP contribution in [0.25, 0.3) is 0 Å². The van der Waals surface area contributed by atoms with E-state index in [2.05, 4.69) is 5.32 Å². The topological polar surface area (TPSA) is 128 Å². The second-order valence-electron chi connectivity index (χ2n) is 9.45. The van der Waals surface area contributed by atoms with Crippen LogP contribution in [0.2, 0.25) is 0 Å². The fraction of sp³-hybridized carbons (Fsp3) is 0.519. The smallest absolute Gasteiger partial charge is 0.335 e. The van der Waals surface area contributed by atoms with Crippen LogP contribution in [0.4, 0.5) is 0 Å². The lowest BCUT2D eigenvalue weighted by Crippen LogP contribution is -2.47. The predicted octanol–water partition coefficient (Wildman–Crippen LogP) is 2.48. The van der Waals surface area contributed by atoms with E-state index in [0.717, 1.165) is 16.9 Å². The van der Waals surface area contributed by atoms with Gasteiger partial charge in [0.1, 0.15) is 21.7 Å². The molecule has 0 aliphatic heterocycles. The van der Waals surface area contributed by atoms with E-state index in [1.165, 1.54) is 0 Å². The molecule has 2 aromatic rings. The van der Waals surface area contributed by atoms with E-state index in [9.17, 15) is 18.3 Å². The first kappa shape index (κ1) is 29.8. The highest BCUT2D eigenvalue weighted by Crippen LogP contribution is 2.13. The van der Waals surface area contributed by atoms with Crippen LogP contribution in [0.3, 0.4) is 0 Å². The summed E-state index contributed by atoms with van der Waals surface area (Å²) in [6.07, 6.45) is -1.46. The number of sulfone groups is 1. The number of hydrogen-bond donors (Lipinski definition) is 3. The number of nitrogens with one attached hydrogen (secondary N) is 1. The minimum atomic E-state index is -3.36. The number of nitrogens with two attached hydrogens (primary N) is 1. The van der Waals surface area contributed by atoms with Crippen molar-refractivity contribution in [3.8, 4) is 5.75 Å². The summed E-state index contributed by atoms with van der Waals surface area (Å²) in [6, 6.07) is 16.7.